The Morgan fingerprint density at radius 1 is 1.19 bits per heavy atom. The van der Waals surface area contributed by atoms with E-state index in [9.17, 15) is 0 Å². The van der Waals surface area contributed by atoms with Gasteiger partial charge in [0.15, 0.2) is 5.16 Å². The van der Waals surface area contributed by atoms with E-state index >= 15 is 0 Å². The molecular formula is C20H23N3O2S. The number of hydrogen-bond donors (Lipinski definition) is 2. The molecular weight excluding hydrogens is 346 g/mol. The molecule has 1 aromatic heterocycles. The molecule has 2 aliphatic rings. The largest absolute Gasteiger partial charge is 0.497 e. The van der Waals surface area contributed by atoms with Gasteiger partial charge in [-0.05, 0) is 42.9 Å². The standard InChI is InChI=1S/C20H23N3O2S/c1-25-16-6-7-18-17(12-16)19(23-20(22-18)26-9-8-24)21-15-10-13-4-2-3-5-14(13)11-15/h2-7,12-15,24H,8-11H2,1H3,(H,21,22,23). The summed E-state index contributed by atoms with van der Waals surface area (Å²) in [5.41, 5.74) is 0.888. The molecule has 1 heterocycles. The number of aliphatic hydroxyl groups excluding tert-OH is 1. The van der Waals surface area contributed by atoms with Crippen LogP contribution in [0.5, 0.6) is 5.75 Å². The zero-order valence-corrected chi connectivity index (χ0v) is 15.6. The lowest BCUT2D eigenvalue weighted by Crippen LogP contribution is -2.17. The summed E-state index contributed by atoms with van der Waals surface area (Å²) in [4.78, 5) is 9.35. The Bertz CT molecular complexity index is 832. The van der Waals surface area contributed by atoms with E-state index in [0.29, 0.717) is 28.8 Å². The normalized spacial score (nSPS) is 24.0. The van der Waals surface area contributed by atoms with E-state index in [2.05, 4.69) is 34.6 Å². The third-order valence-electron chi connectivity index (χ3n) is 5.04. The van der Waals surface area contributed by atoms with E-state index in [1.807, 2.05) is 18.2 Å². The summed E-state index contributed by atoms with van der Waals surface area (Å²) in [6, 6.07) is 6.25. The Labute approximate surface area is 157 Å². The van der Waals surface area contributed by atoms with Crippen molar-refractivity contribution in [3.05, 3.63) is 42.5 Å². The fourth-order valence-corrected chi connectivity index (χ4v) is 4.39. The summed E-state index contributed by atoms with van der Waals surface area (Å²) in [7, 11) is 1.67. The summed E-state index contributed by atoms with van der Waals surface area (Å²) >= 11 is 1.47. The number of allylic oxidation sites excluding steroid dienone is 4. The molecule has 6 heteroatoms. The van der Waals surface area contributed by atoms with Crippen molar-refractivity contribution in [2.24, 2.45) is 11.8 Å². The maximum absolute atomic E-state index is 9.11. The van der Waals surface area contributed by atoms with Crippen LogP contribution in [0.25, 0.3) is 10.9 Å². The first-order chi connectivity index (χ1) is 12.8. The van der Waals surface area contributed by atoms with Gasteiger partial charge in [0.25, 0.3) is 0 Å². The quantitative estimate of drug-likeness (QED) is 0.598. The molecule has 2 aromatic rings. The predicted molar refractivity (Wildman–Crippen MR) is 106 cm³/mol. The minimum absolute atomic E-state index is 0.113. The molecule has 0 bridgehead atoms. The van der Waals surface area contributed by atoms with Crippen molar-refractivity contribution in [2.45, 2.75) is 24.0 Å². The molecule has 0 spiro atoms. The summed E-state index contributed by atoms with van der Waals surface area (Å²) in [6.45, 7) is 0.113. The van der Waals surface area contributed by atoms with Crippen molar-refractivity contribution >= 4 is 28.5 Å². The third-order valence-corrected chi connectivity index (χ3v) is 5.86. The number of fused-ring (bicyclic) bond motifs is 2. The number of nitrogens with one attached hydrogen (secondary N) is 1. The lowest BCUT2D eigenvalue weighted by atomic mass is 9.92. The fraction of sp³-hybridized carbons (Fsp3) is 0.400. The lowest BCUT2D eigenvalue weighted by Gasteiger charge is -2.16. The topological polar surface area (TPSA) is 67.3 Å². The van der Waals surface area contributed by atoms with E-state index in [1.165, 1.54) is 11.8 Å². The zero-order chi connectivity index (χ0) is 17.9. The molecule has 136 valence electrons. The van der Waals surface area contributed by atoms with Gasteiger partial charge < -0.3 is 15.2 Å². The highest BCUT2D eigenvalue weighted by Crippen LogP contribution is 2.38. The first kappa shape index (κ1) is 17.4. The number of aromatic nitrogens is 2. The Kier molecular flexibility index (Phi) is 5.13. The molecule has 2 N–H and O–H groups in total. The number of hydrogen-bond acceptors (Lipinski definition) is 6. The van der Waals surface area contributed by atoms with Crippen LogP contribution >= 0.6 is 11.8 Å². The molecule has 0 amide bonds. The average Bonchev–Trinajstić information content (AvgIpc) is 3.08. The molecule has 0 aliphatic heterocycles. The van der Waals surface area contributed by atoms with Crippen LogP contribution in [0.15, 0.2) is 47.7 Å². The lowest BCUT2D eigenvalue weighted by molar-refractivity contribution is 0.322. The van der Waals surface area contributed by atoms with Gasteiger partial charge in [-0.15, -0.1) is 0 Å². The number of benzene rings is 1. The zero-order valence-electron chi connectivity index (χ0n) is 14.8. The molecule has 0 saturated heterocycles. The van der Waals surface area contributed by atoms with Crippen LogP contribution in [0.1, 0.15) is 12.8 Å². The van der Waals surface area contributed by atoms with Gasteiger partial charge in [-0.25, -0.2) is 9.97 Å². The predicted octanol–water partition coefficient (Wildman–Crippen LogP) is 3.66. The Morgan fingerprint density at radius 2 is 1.96 bits per heavy atom. The summed E-state index contributed by atoms with van der Waals surface area (Å²) < 4.78 is 5.38. The number of methoxy groups -OCH3 is 1. The highest BCUT2D eigenvalue weighted by Gasteiger charge is 2.32. The highest BCUT2D eigenvalue weighted by atomic mass is 32.2. The van der Waals surface area contributed by atoms with Gasteiger partial charge in [0.1, 0.15) is 11.6 Å². The Balaban J connectivity index is 1.65. The summed E-state index contributed by atoms with van der Waals surface area (Å²) in [5.74, 6) is 3.47. The number of anilines is 1. The van der Waals surface area contributed by atoms with E-state index < -0.39 is 0 Å². The number of aliphatic hydroxyl groups is 1. The maximum Gasteiger partial charge on any atom is 0.190 e. The van der Waals surface area contributed by atoms with Crippen molar-refractivity contribution < 1.29 is 9.84 Å². The molecule has 5 nitrogen and oxygen atoms in total. The molecule has 2 aliphatic carbocycles. The Hall–Kier alpha value is -2.05. The smallest absolute Gasteiger partial charge is 0.190 e. The van der Waals surface area contributed by atoms with Crippen LogP contribution in [0.4, 0.5) is 5.82 Å². The number of thioether (sulfide) groups is 1. The van der Waals surface area contributed by atoms with Crippen molar-refractivity contribution in [3.8, 4) is 5.75 Å². The van der Waals surface area contributed by atoms with Crippen LogP contribution < -0.4 is 10.1 Å². The van der Waals surface area contributed by atoms with Gasteiger partial charge in [-0.3, -0.25) is 0 Å². The average molecular weight is 369 g/mol. The summed E-state index contributed by atoms with van der Waals surface area (Å²) in [5, 5.41) is 14.4. The molecule has 1 saturated carbocycles. The molecule has 2 atom stereocenters. The summed E-state index contributed by atoms with van der Waals surface area (Å²) in [6.07, 6.45) is 11.2. The first-order valence-corrected chi connectivity index (χ1v) is 9.96. The van der Waals surface area contributed by atoms with Gasteiger partial charge in [-0.1, -0.05) is 36.1 Å². The molecule has 2 unspecified atom stereocenters. The second kappa shape index (κ2) is 7.68. The van der Waals surface area contributed by atoms with Gasteiger partial charge in [0, 0.05) is 17.2 Å². The molecule has 26 heavy (non-hydrogen) atoms. The SMILES string of the molecule is COc1ccc2nc(SCCO)nc(NC3CC4C=CC=CC4C3)c2c1. The van der Waals surface area contributed by atoms with E-state index in [0.717, 1.165) is 35.3 Å². The number of ether oxygens (including phenoxy) is 1. The van der Waals surface area contributed by atoms with Gasteiger partial charge in [-0.2, -0.15) is 0 Å². The first-order valence-electron chi connectivity index (χ1n) is 8.98. The van der Waals surface area contributed by atoms with Crippen molar-refractivity contribution in [3.63, 3.8) is 0 Å². The maximum atomic E-state index is 9.11. The third kappa shape index (κ3) is 3.57. The van der Waals surface area contributed by atoms with Crippen molar-refractivity contribution in [1.82, 2.24) is 9.97 Å². The highest BCUT2D eigenvalue weighted by molar-refractivity contribution is 7.99. The van der Waals surface area contributed by atoms with Gasteiger partial charge in [0.05, 0.1) is 19.2 Å². The van der Waals surface area contributed by atoms with Crippen LogP contribution in [-0.4, -0.2) is 40.6 Å². The Morgan fingerprint density at radius 3 is 2.65 bits per heavy atom. The second-order valence-electron chi connectivity index (χ2n) is 6.72. The van der Waals surface area contributed by atoms with Crippen molar-refractivity contribution in [2.75, 3.05) is 24.8 Å². The minimum atomic E-state index is 0.113. The van der Waals surface area contributed by atoms with Crippen molar-refractivity contribution in [1.29, 1.82) is 0 Å². The van der Waals surface area contributed by atoms with Crippen LogP contribution in [0, 0.1) is 11.8 Å². The van der Waals surface area contributed by atoms with E-state index in [1.54, 1.807) is 7.11 Å². The molecule has 1 aromatic carbocycles. The van der Waals surface area contributed by atoms with Crippen LogP contribution in [0.3, 0.4) is 0 Å². The van der Waals surface area contributed by atoms with E-state index in [4.69, 9.17) is 14.8 Å². The van der Waals surface area contributed by atoms with Crippen LogP contribution in [0.2, 0.25) is 0 Å². The second-order valence-corrected chi connectivity index (χ2v) is 7.78. The van der Waals surface area contributed by atoms with Crippen LogP contribution in [-0.2, 0) is 0 Å². The minimum Gasteiger partial charge on any atom is -0.497 e. The van der Waals surface area contributed by atoms with Gasteiger partial charge in [0.2, 0.25) is 0 Å². The molecule has 1 fully saturated rings. The number of nitrogens with zero attached hydrogens (tertiary/aromatic N) is 2. The van der Waals surface area contributed by atoms with E-state index in [-0.39, 0.29) is 6.61 Å². The number of rotatable bonds is 6. The molecule has 0 radical (unpaired) electrons. The van der Waals surface area contributed by atoms with Gasteiger partial charge >= 0.3 is 0 Å². The monoisotopic (exact) mass is 369 g/mol. The molecule has 4 rings (SSSR count). The fourth-order valence-electron chi connectivity index (χ4n) is 3.80.